The van der Waals surface area contributed by atoms with Crippen LogP contribution in [0.3, 0.4) is 0 Å². The van der Waals surface area contributed by atoms with E-state index in [0.29, 0.717) is 23.2 Å². The average molecular weight is 409 g/mol. The number of ketones is 2. The summed E-state index contributed by atoms with van der Waals surface area (Å²) in [5, 5.41) is 2.79. The molecule has 6 nitrogen and oxygen atoms in total. The van der Waals surface area contributed by atoms with Gasteiger partial charge in [0, 0.05) is 29.7 Å². The molecule has 0 bridgehead atoms. The third kappa shape index (κ3) is 7.99. The minimum absolute atomic E-state index is 0.0314. The molecule has 2 aromatic carbocycles. The monoisotopic (exact) mass is 409 g/mol. The molecular weight excluding hydrogens is 382 g/mol. The fourth-order valence-corrected chi connectivity index (χ4v) is 2.78. The van der Waals surface area contributed by atoms with Gasteiger partial charge in [-0.3, -0.25) is 19.2 Å². The molecule has 0 saturated carbocycles. The maximum atomic E-state index is 12.2. The molecule has 30 heavy (non-hydrogen) atoms. The van der Waals surface area contributed by atoms with Crippen LogP contribution in [0.1, 0.15) is 66.2 Å². The van der Waals surface area contributed by atoms with Crippen LogP contribution in [0.25, 0.3) is 0 Å². The molecule has 2 rings (SSSR count). The zero-order chi connectivity index (χ0) is 21.8. The molecule has 158 valence electrons. The first kappa shape index (κ1) is 23.0. The van der Waals surface area contributed by atoms with Gasteiger partial charge in [-0.15, -0.1) is 0 Å². The summed E-state index contributed by atoms with van der Waals surface area (Å²) in [6.07, 6.45) is 3.34. The molecule has 0 heterocycles. The number of hydrogen-bond acceptors (Lipinski definition) is 5. The quantitative estimate of drug-likeness (QED) is 0.314. The molecule has 0 spiro atoms. The molecule has 0 radical (unpaired) electrons. The van der Waals surface area contributed by atoms with Crippen molar-refractivity contribution in [3.8, 4) is 0 Å². The number of hydrogen-bond donors (Lipinski definition) is 1. The number of anilines is 1. The fraction of sp³-hybridized carbons (Fsp3) is 0.333. The number of amides is 1. The van der Waals surface area contributed by atoms with Crippen LogP contribution < -0.4 is 5.32 Å². The van der Waals surface area contributed by atoms with E-state index in [0.717, 1.165) is 19.3 Å². The van der Waals surface area contributed by atoms with E-state index in [1.807, 2.05) is 6.07 Å². The van der Waals surface area contributed by atoms with Crippen molar-refractivity contribution in [2.75, 3.05) is 11.9 Å². The van der Waals surface area contributed by atoms with E-state index in [-0.39, 0.29) is 36.9 Å². The van der Waals surface area contributed by atoms with Crippen LogP contribution in [0.5, 0.6) is 0 Å². The lowest BCUT2D eigenvalue weighted by molar-refractivity contribution is -0.142. The molecular formula is C24H27NO5. The minimum atomic E-state index is -0.594. The Balaban J connectivity index is 1.73. The van der Waals surface area contributed by atoms with Gasteiger partial charge in [0.2, 0.25) is 5.91 Å². The van der Waals surface area contributed by atoms with Crippen molar-refractivity contribution in [2.45, 2.75) is 45.4 Å². The Kier molecular flexibility index (Phi) is 9.45. The summed E-state index contributed by atoms with van der Waals surface area (Å²) < 4.78 is 4.98. The Morgan fingerprint density at radius 1 is 0.767 bits per heavy atom. The number of benzene rings is 2. The van der Waals surface area contributed by atoms with Crippen LogP contribution >= 0.6 is 0 Å². The van der Waals surface area contributed by atoms with E-state index in [4.69, 9.17) is 4.74 Å². The van der Waals surface area contributed by atoms with Crippen LogP contribution in [0.4, 0.5) is 5.69 Å². The summed E-state index contributed by atoms with van der Waals surface area (Å²) in [7, 11) is 0. The second-order valence-corrected chi connectivity index (χ2v) is 6.96. The Bertz CT molecular complexity index is 859. The van der Waals surface area contributed by atoms with Gasteiger partial charge >= 0.3 is 5.97 Å². The van der Waals surface area contributed by atoms with Gasteiger partial charge in [-0.1, -0.05) is 50.1 Å². The maximum absolute atomic E-state index is 12.2. The van der Waals surface area contributed by atoms with Crippen molar-refractivity contribution in [3.63, 3.8) is 0 Å². The topological polar surface area (TPSA) is 89.5 Å². The molecule has 0 aliphatic rings. The van der Waals surface area contributed by atoms with Crippen molar-refractivity contribution in [3.05, 3.63) is 65.7 Å². The highest BCUT2D eigenvalue weighted by Gasteiger charge is 2.13. The highest BCUT2D eigenvalue weighted by atomic mass is 16.5. The molecule has 0 aliphatic carbocycles. The largest absolute Gasteiger partial charge is 0.457 e. The standard InChI is InChI=1S/C24H27NO5/c1-2-3-5-10-23(28)25-20-13-11-19(12-14-20)22(27)17-30-24(29)16-15-21(26)18-8-6-4-7-9-18/h4,6-9,11-14H,2-3,5,10,15-17H2,1H3,(H,25,28). The van der Waals surface area contributed by atoms with E-state index in [1.165, 1.54) is 0 Å². The van der Waals surface area contributed by atoms with Crippen LogP contribution in [-0.4, -0.2) is 30.0 Å². The van der Waals surface area contributed by atoms with Gasteiger partial charge in [-0.2, -0.15) is 0 Å². The van der Waals surface area contributed by atoms with Crippen LogP contribution in [0, 0.1) is 0 Å². The van der Waals surface area contributed by atoms with E-state index in [1.54, 1.807) is 48.5 Å². The highest BCUT2D eigenvalue weighted by Crippen LogP contribution is 2.12. The van der Waals surface area contributed by atoms with Crippen LogP contribution in [0.2, 0.25) is 0 Å². The van der Waals surface area contributed by atoms with E-state index >= 15 is 0 Å². The zero-order valence-electron chi connectivity index (χ0n) is 17.2. The number of nitrogens with one attached hydrogen (secondary N) is 1. The maximum Gasteiger partial charge on any atom is 0.306 e. The minimum Gasteiger partial charge on any atom is -0.457 e. The molecule has 0 fully saturated rings. The summed E-state index contributed by atoms with van der Waals surface area (Å²) >= 11 is 0. The summed E-state index contributed by atoms with van der Waals surface area (Å²) in [4.78, 5) is 47.8. The summed E-state index contributed by atoms with van der Waals surface area (Å²) in [5.41, 5.74) is 1.54. The number of carbonyl (C=O) groups is 4. The number of carbonyl (C=O) groups excluding carboxylic acids is 4. The lowest BCUT2D eigenvalue weighted by Crippen LogP contribution is -2.15. The third-order valence-corrected chi connectivity index (χ3v) is 4.51. The zero-order valence-corrected chi connectivity index (χ0v) is 17.2. The van der Waals surface area contributed by atoms with E-state index in [2.05, 4.69) is 12.2 Å². The molecule has 1 amide bonds. The van der Waals surface area contributed by atoms with Gasteiger partial charge < -0.3 is 10.1 Å². The molecule has 1 N–H and O–H groups in total. The first-order chi connectivity index (χ1) is 14.5. The molecule has 0 unspecified atom stereocenters. The van der Waals surface area contributed by atoms with Gasteiger partial charge in [0.1, 0.15) is 0 Å². The molecule has 0 aliphatic heterocycles. The first-order valence-electron chi connectivity index (χ1n) is 10.2. The van der Waals surface area contributed by atoms with E-state index in [9.17, 15) is 19.2 Å². The normalized spacial score (nSPS) is 10.3. The van der Waals surface area contributed by atoms with Gasteiger partial charge in [0.15, 0.2) is 18.2 Å². The predicted octanol–water partition coefficient (Wildman–Crippen LogP) is 4.59. The number of ether oxygens (including phenoxy) is 1. The highest BCUT2D eigenvalue weighted by molar-refractivity contribution is 5.99. The smallest absolute Gasteiger partial charge is 0.306 e. The SMILES string of the molecule is CCCCCC(=O)Nc1ccc(C(=O)COC(=O)CCC(=O)c2ccccc2)cc1. The lowest BCUT2D eigenvalue weighted by Gasteiger charge is -2.07. The van der Waals surface area contributed by atoms with Crippen LogP contribution in [-0.2, 0) is 14.3 Å². The van der Waals surface area contributed by atoms with Crippen molar-refractivity contribution in [1.29, 1.82) is 0 Å². The second kappa shape index (κ2) is 12.3. The number of unbranched alkanes of at least 4 members (excludes halogenated alkanes) is 2. The number of Topliss-reactive ketones (excluding diaryl/α,β-unsaturated/α-hetero) is 2. The number of esters is 1. The third-order valence-electron chi connectivity index (χ3n) is 4.51. The summed E-state index contributed by atoms with van der Waals surface area (Å²) in [5.74, 6) is -1.14. The van der Waals surface area contributed by atoms with Crippen molar-refractivity contribution >= 4 is 29.1 Å². The molecule has 0 aromatic heterocycles. The molecule has 6 heteroatoms. The van der Waals surface area contributed by atoms with Crippen molar-refractivity contribution in [1.82, 2.24) is 0 Å². The average Bonchev–Trinajstić information content (AvgIpc) is 2.77. The summed E-state index contributed by atoms with van der Waals surface area (Å²) in [6.45, 7) is 1.69. The lowest BCUT2D eigenvalue weighted by atomic mass is 10.1. The Labute approximate surface area is 176 Å². The molecule has 0 atom stereocenters. The molecule has 2 aromatic rings. The first-order valence-corrected chi connectivity index (χ1v) is 10.2. The summed E-state index contributed by atoms with van der Waals surface area (Å²) in [6, 6.07) is 15.2. The van der Waals surface area contributed by atoms with E-state index < -0.39 is 5.97 Å². The van der Waals surface area contributed by atoms with Gasteiger partial charge in [-0.25, -0.2) is 0 Å². The van der Waals surface area contributed by atoms with Gasteiger partial charge in [0.25, 0.3) is 0 Å². The molecule has 0 saturated heterocycles. The second-order valence-electron chi connectivity index (χ2n) is 6.96. The Morgan fingerprint density at radius 2 is 1.43 bits per heavy atom. The predicted molar refractivity (Wildman–Crippen MR) is 115 cm³/mol. The van der Waals surface area contributed by atoms with Crippen LogP contribution in [0.15, 0.2) is 54.6 Å². The van der Waals surface area contributed by atoms with Gasteiger partial charge in [-0.05, 0) is 30.7 Å². The Hall–Kier alpha value is -3.28. The van der Waals surface area contributed by atoms with Crippen molar-refractivity contribution < 1.29 is 23.9 Å². The Morgan fingerprint density at radius 3 is 2.10 bits per heavy atom. The van der Waals surface area contributed by atoms with Crippen molar-refractivity contribution in [2.24, 2.45) is 0 Å². The number of rotatable bonds is 12. The van der Waals surface area contributed by atoms with Gasteiger partial charge in [0.05, 0.1) is 6.42 Å². The fourth-order valence-electron chi connectivity index (χ4n) is 2.78.